The maximum atomic E-state index is 3.65. The Morgan fingerprint density at radius 2 is 1.92 bits per heavy atom. The second-order valence-corrected chi connectivity index (χ2v) is 4.86. The summed E-state index contributed by atoms with van der Waals surface area (Å²) < 4.78 is 0. The van der Waals surface area contributed by atoms with E-state index < -0.39 is 0 Å². The van der Waals surface area contributed by atoms with E-state index in [1.54, 1.807) is 0 Å². The lowest BCUT2D eigenvalue weighted by Gasteiger charge is -2.40. The summed E-state index contributed by atoms with van der Waals surface area (Å²) in [6.07, 6.45) is 11.6. The maximum Gasteiger partial charge on any atom is 0.00879 e. The van der Waals surface area contributed by atoms with Gasteiger partial charge in [-0.05, 0) is 24.7 Å². The van der Waals surface area contributed by atoms with Crippen LogP contribution in [-0.4, -0.2) is 5.33 Å². The van der Waals surface area contributed by atoms with E-state index in [1.807, 2.05) is 0 Å². The first-order valence-electron chi connectivity index (χ1n) is 5.39. The summed E-state index contributed by atoms with van der Waals surface area (Å²) in [5.74, 6) is 0. The van der Waals surface area contributed by atoms with Gasteiger partial charge in [0.15, 0.2) is 0 Å². The highest BCUT2D eigenvalue weighted by Crippen LogP contribution is 2.46. The third-order valence-corrected chi connectivity index (χ3v) is 4.45. The molecule has 0 nitrogen and oxygen atoms in total. The van der Waals surface area contributed by atoms with Crippen LogP contribution in [0.15, 0.2) is 0 Å². The van der Waals surface area contributed by atoms with Crippen molar-refractivity contribution in [2.24, 2.45) is 5.41 Å². The molecule has 1 heteroatoms. The number of rotatable bonds is 6. The van der Waals surface area contributed by atoms with Crippen molar-refractivity contribution in [2.45, 2.75) is 58.3 Å². The summed E-state index contributed by atoms with van der Waals surface area (Å²) in [6.45, 7) is 2.28. The Morgan fingerprint density at radius 1 is 1.17 bits per heavy atom. The SMILES string of the molecule is CCCCCCC1(CBr)CCC1. The second kappa shape index (κ2) is 5.26. The number of alkyl halides is 1. The Kier molecular flexibility index (Phi) is 4.63. The van der Waals surface area contributed by atoms with Crippen LogP contribution in [0.3, 0.4) is 0 Å². The summed E-state index contributed by atoms with van der Waals surface area (Å²) in [5.41, 5.74) is 0.730. The molecule has 0 bridgehead atoms. The van der Waals surface area contributed by atoms with Crippen molar-refractivity contribution in [1.29, 1.82) is 0 Å². The standard InChI is InChI=1S/C11H21Br/c1-2-3-4-5-7-11(10-12)8-6-9-11/h2-10H2,1H3. The molecule has 0 spiro atoms. The molecule has 1 rings (SSSR count). The average molecular weight is 233 g/mol. The molecule has 72 valence electrons. The molecule has 1 aliphatic carbocycles. The highest BCUT2D eigenvalue weighted by molar-refractivity contribution is 9.09. The van der Waals surface area contributed by atoms with Gasteiger partial charge in [0.05, 0.1) is 0 Å². The van der Waals surface area contributed by atoms with Gasteiger partial charge in [0.1, 0.15) is 0 Å². The van der Waals surface area contributed by atoms with E-state index in [0.717, 1.165) is 5.41 Å². The van der Waals surface area contributed by atoms with Crippen LogP contribution >= 0.6 is 15.9 Å². The predicted octanol–water partition coefficient (Wildman–Crippen LogP) is 4.52. The lowest BCUT2D eigenvalue weighted by atomic mass is 9.67. The molecule has 0 amide bonds. The summed E-state index contributed by atoms with van der Waals surface area (Å²) >= 11 is 3.65. The molecule has 0 aromatic rings. The number of unbranched alkanes of at least 4 members (excludes halogenated alkanes) is 3. The molecule has 0 atom stereocenters. The lowest BCUT2D eigenvalue weighted by Crippen LogP contribution is -2.30. The van der Waals surface area contributed by atoms with Gasteiger partial charge >= 0.3 is 0 Å². The Labute approximate surface area is 85.3 Å². The first kappa shape index (κ1) is 10.6. The summed E-state index contributed by atoms with van der Waals surface area (Å²) in [6, 6.07) is 0. The first-order chi connectivity index (χ1) is 5.83. The summed E-state index contributed by atoms with van der Waals surface area (Å²) in [7, 11) is 0. The van der Waals surface area contributed by atoms with Gasteiger partial charge in [-0.1, -0.05) is 55.0 Å². The third-order valence-electron chi connectivity index (χ3n) is 3.26. The monoisotopic (exact) mass is 232 g/mol. The van der Waals surface area contributed by atoms with Crippen molar-refractivity contribution in [3.8, 4) is 0 Å². The van der Waals surface area contributed by atoms with Gasteiger partial charge in [0, 0.05) is 5.33 Å². The Bertz CT molecular complexity index is 111. The molecule has 0 unspecified atom stereocenters. The highest BCUT2D eigenvalue weighted by Gasteiger charge is 2.34. The fraction of sp³-hybridized carbons (Fsp3) is 1.00. The largest absolute Gasteiger partial charge is 0.0922 e. The van der Waals surface area contributed by atoms with Crippen molar-refractivity contribution in [1.82, 2.24) is 0 Å². The van der Waals surface area contributed by atoms with Crippen molar-refractivity contribution in [3.05, 3.63) is 0 Å². The zero-order valence-corrected chi connectivity index (χ0v) is 9.83. The molecular weight excluding hydrogens is 212 g/mol. The molecule has 1 saturated carbocycles. The molecule has 12 heavy (non-hydrogen) atoms. The van der Waals surface area contributed by atoms with E-state index in [9.17, 15) is 0 Å². The van der Waals surface area contributed by atoms with Crippen LogP contribution < -0.4 is 0 Å². The van der Waals surface area contributed by atoms with Crippen LogP contribution in [0, 0.1) is 5.41 Å². The van der Waals surface area contributed by atoms with Gasteiger partial charge in [-0.3, -0.25) is 0 Å². The zero-order valence-electron chi connectivity index (χ0n) is 8.24. The first-order valence-corrected chi connectivity index (χ1v) is 6.51. The molecular formula is C11H21Br. The average Bonchev–Trinajstić information content (AvgIpc) is 2.02. The number of hydrogen-bond donors (Lipinski definition) is 0. The van der Waals surface area contributed by atoms with Crippen LogP contribution in [0.25, 0.3) is 0 Å². The summed E-state index contributed by atoms with van der Waals surface area (Å²) in [4.78, 5) is 0. The number of hydrogen-bond acceptors (Lipinski definition) is 0. The van der Waals surface area contributed by atoms with Crippen LogP contribution in [0.2, 0.25) is 0 Å². The quantitative estimate of drug-likeness (QED) is 0.467. The van der Waals surface area contributed by atoms with Crippen molar-refractivity contribution < 1.29 is 0 Å². The minimum atomic E-state index is 0.730. The van der Waals surface area contributed by atoms with Crippen LogP contribution in [0.4, 0.5) is 0 Å². The van der Waals surface area contributed by atoms with E-state index >= 15 is 0 Å². The third kappa shape index (κ3) is 2.76. The van der Waals surface area contributed by atoms with Gasteiger partial charge < -0.3 is 0 Å². The van der Waals surface area contributed by atoms with Crippen LogP contribution in [-0.2, 0) is 0 Å². The molecule has 0 N–H and O–H groups in total. The van der Waals surface area contributed by atoms with Gasteiger partial charge in [-0.25, -0.2) is 0 Å². The van der Waals surface area contributed by atoms with Gasteiger partial charge in [0.2, 0.25) is 0 Å². The highest BCUT2D eigenvalue weighted by atomic mass is 79.9. The van der Waals surface area contributed by atoms with Gasteiger partial charge in [0.25, 0.3) is 0 Å². The van der Waals surface area contributed by atoms with E-state index in [1.165, 1.54) is 56.7 Å². The molecule has 0 saturated heterocycles. The Hall–Kier alpha value is 0.480. The molecule has 1 fully saturated rings. The van der Waals surface area contributed by atoms with Crippen LogP contribution in [0.1, 0.15) is 58.3 Å². The topological polar surface area (TPSA) is 0 Å². The van der Waals surface area contributed by atoms with Gasteiger partial charge in [-0.2, -0.15) is 0 Å². The van der Waals surface area contributed by atoms with Crippen molar-refractivity contribution in [3.63, 3.8) is 0 Å². The number of halogens is 1. The normalized spacial score (nSPS) is 20.5. The summed E-state index contributed by atoms with van der Waals surface area (Å²) in [5, 5.41) is 1.24. The molecule has 1 aliphatic rings. The fourth-order valence-corrected chi connectivity index (χ4v) is 2.90. The van der Waals surface area contributed by atoms with Crippen molar-refractivity contribution in [2.75, 3.05) is 5.33 Å². The van der Waals surface area contributed by atoms with Gasteiger partial charge in [-0.15, -0.1) is 0 Å². The molecule has 0 radical (unpaired) electrons. The second-order valence-electron chi connectivity index (χ2n) is 4.30. The predicted molar refractivity (Wildman–Crippen MR) is 58.8 cm³/mol. The van der Waals surface area contributed by atoms with E-state index in [0.29, 0.717) is 0 Å². The zero-order chi connectivity index (χ0) is 8.86. The van der Waals surface area contributed by atoms with E-state index in [2.05, 4.69) is 22.9 Å². The fourth-order valence-electron chi connectivity index (χ4n) is 2.05. The van der Waals surface area contributed by atoms with Crippen molar-refractivity contribution >= 4 is 15.9 Å². The minimum Gasteiger partial charge on any atom is -0.0922 e. The Balaban J connectivity index is 2.04. The lowest BCUT2D eigenvalue weighted by molar-refractivity contribution is 0.149. The molecule has 0 aliphatic heterocycles. The smallest absolute Gasteiger partial charge is 0.00879 e. The molecule has 0 aromatic carbocycles. The minimum absolute atomic E-state index is 0.730. The van der Waals surface area contributed by atoms with E-state index in [4.69, 9.17) is 0 Å². The van der Waals surface area contributed by atoms with Crippen LogP contribution in [0.5, 0.6) is 0 Å². The maximum absolute atomic E-state index is 3.65. The molecule has 0 heterocycles. The van der Waals surface area contributed by atoms with E-state index in [-0.39, 0.29) is 0 Å². The molecule has 0 aromatic heterocycles. The Morgan fingerprint density at radius 3 is 2.33 bits per heavy atom.